The van der Waals surface area contributed by atoms with Gasteiger partial charge in [-0.25, -0.2) is 4.79 Å². The molecule has 0 aliphatic carbocycles. The zero-order valence-corrected chi connectivity index (χ0v) is 16.1. The van der Waals surface area contributed by atoms with Gasteiger partial charge in [-0.05, 0) is 40.8 Å². The van der Waals surface area contributed by atoms with Crippen LogP contribution in [-0.2, 0) is 4.74 Å². The molecule has 0 spiro atoms. The molecule has 0 saturated heterocycles. The first kappa shape index (κ1) is 17.8. The Kier molecular flexibility index (Phi) is 4.75. The van der Waals surface area contributed by atoms with Gasteiger partial charge in [0.2, 0.25) is 0 Å². The molecule has 1 aliphatic heterocycles. The van der Waals surface area contributed by atoms with Crippen LogP contribution in [0.15, 0.2) is 72.8 Å². The smallest absolute Gasteiger partial charge is 0.339 e. The standard InChI is InChI=1S/C24H21ClO2/c1-15(2)18-7-3-4-8-19(18)22(16-11-13-17(25)14-12-16)23-20-9-5-6-10-21(20)24(26)27-23/h3-15,22-23H,1-2H3. The van der Waals surface area contributed by atoms with Crippen molar-refractivity contribution in [1.82, 2.24) is 0 Å². The van der Waals surface area contributed by atoms with E-state index in [2.05, 4.69) is 32.0 Å². The summed E-state index contributed by atoms with van der Waals surface area (Å²) >= 11 is 6.12. The second-order valence-corrected chi connectivity index (χ2v) is 7.66. The third-order valence-corrected chi connectivity index (χ3v) is 5.46. The molecule has 0 saturated carbocycles. The first-order valence-electron chi connectivity index (χ1n) is 9.20. The number of cyclic esters (lactones) is 1. The maximum absolute atomic E-state index is 12.5. The summed E-state index contributed by atoms with van der Waals surface area (Å²) in [5.41, 5.74) is 5.13. The summed E-state index contributed by atoms with van der Waals surface area (Å²) in [4.78, 5) is 12.5. The summed E-state index contributed by atoms with van der Waals surface area (Å²) in [6, 6.07) is 23.9. The topological polar surface area (TPSA) is 26.3 Å². The van der Waals surface area contributed by atoms with Gasteiger partial charge < -0.3 is 4.74 Å². The van der Waals surface area contributed by atoms with E-state index in [0.29, 0.717) is 16.5 Å². The average Bonchev–Trinajstić information content (AvgIpc) is 3.01. The molecule has 3 aromatic rings. The van der Waals surface area contributed by atoms with Crippen LogP contribution in [0, 0.1) is 0 Å². The molecule has 0 amide bonds. The third-order valence-electron chi connectivity index (χ3n) is 5.21. The van der Waals surface area contributed by atoms with Crippen LogP contribution in [0.3, 0.4) is 0 Å². The van der Waals surface area contributed by atoms with Gasteiger partial charge >= 0.3 is 5.97 Å². The van der Waals surface area contributed by atoms with Crippen molar-refractivity contribution >= 4 is 17.6 Å². The maximum Gasteiger partial charge on any atom is 0.339 e. The van der Waals surface area contributed by atoms with Crippen LogP contribution >= 0.6 is 11.6 Å². The van der Waals surface area contributed by atoms with Gasteiger partial charge in [-0.3, -0.25) is 0 Å². The fourth-order valence-corrected chi connectivity index (χ4v) is 4.05. The number of carbonyl (C=O) groups is 1. The van der Waals surface area contributed by atoms with Gasteiger partial charge in [0.15, 0.2) is 0 Å². The van der Waals surface area contributed by atoms with Crippen LogP contribution in [0.4, 0.5) is 0 Å². The lowest BCUT2D eigenvalue weighted by atomic mass is 9.79. The second-order valence-electron chi connectivity index (χ2n) is 7.23. The Hall–Kier alpha value is -2.58. The highest BCUT2D eigenvalue weighted by Crippen LogP contribution is 2.46. The molecule has 3 heteroatoms. The van der Waals surface area contributed by atoms with Crippen molar-refractivity contribution < 1.29 is 9.53 Å². The Morgan fingerprint density at radius 1 is 0.852 bits per heavy atom. The normalized spacial score (nSPS) is 16.9. The van der Waals surface area contributed by atoms with Crippen LogP contribution in [0.25, 0.3) is 0 Å². The van der Waals surface area contributed by atoms with E-state index in [0.717, 1.165) is 11.1 Å². The molecule has 0 fully saturated rings. The number of fused-ring (bicyclic) bond motifs is 1. The number of hydrogen-bond acceptors (Lipinski definition) is 2. The molecule has 2 nitrogen and oxygen atoms in total. The Morgan fingerprint density at radius 2 is 1.48 bits per heavy atom. The zero-order chi connectivity index (χ0) is 19.0. The van der Waals surface area contributed by atoms with Gasteiger partial charge in [0.1, 0.15) is 6.10 Å². The van der Waals surface area contributed by atoms with E-state index in [1.807, 2.05) is 54.6 Å². The van der Waals surface area contributed by atoms with E-state index in [4.69, 9.17) is 16.3 Å². The molecule has 0 N–H and O–H groups in total. The summed E-state index contributed by atoms with van der Waals surface area (Å²) in [5.74, 6) is 0.0217. The summed E-state index contributed by atoms with van der Waals surface area (Å²) < 4.78 is 5.90. The Labute approximate surface area is 164 Å². The summed E-state index contributed by atoms with van der Waals surface area (Å²) in [5, 5.41) is 0.693. The predicted octanol–water partition coefficient (Wildman–Crippen LogP) is 6.51. The van der Waals surface area contributed by atoms with Crippen molar-refractivity contribution in [2.45, 2.75) is 31.8 Å². The molecule has 136 valence electrons. The minimum atomic E-state index is -0.352. The largest absolute Gasteiger partial charge is 0.453 e. The first-order chi connectivity index (χ1) is 13.1. The minimum Gasteiger partial charge on any atom is -0.453 e. The number of hydrogen-bond donors (Lipinski definition) is 0. The predicted molar refractivity (Wildman–Crippen MR) is 108 cm³/mol. The van der Waals surface area contributed by atoms with Crippen molar-refractivity contribution in [2.75, 3.05) is 0 Å². The number of carbonyl (C=O) groups excluding carboxylic acids is 1. The SMILES string of the molecule is CC(C)c1ccccc1C(c1ccc(Cl)cc1)C1OC(=O)c2ccccc21. The molecular weight excluding hydrogens is 356 g/mol. The van der Waals surface area contributed by atoms with E-state index >= 15 is 0 Å². The fraction of sp³-hybridized carbons (Fsp3) is 0.208. The van der Waals surface area contributed by atoms with E-state index in [1.54, 1.807) is 0 Å². The molecule has 0 bridgehead atoms. The highest BCUT2D eigenvalue weighted by Gasteiger charge is 2.38. The van der Waals surface area contributed by atoms with Crippen LogP contribution in [0.5, 0.6) is 0 Å². The molecule has 4 rings (SSSR count). The van der Waals surface area contributed by atoms with E-state index in [1.165, 1.54) is 11.1 Å². The van der Waals surface area contributed by atoms with E-state index < -0.39 is 0 Å². The summed E-state index contributed by atoms with van der Waals surface area (Å²) in [6.07, 6.45) is -0.352. The Morgan fingerprint density at radius 3 is 2.19 bits per heavy atom. The zero-order valence-electron chi connectivity index (χ0n) is 15.4. The van der Waals surface area contributed by atoms with Crippen LogP contribution in [0.2, 0.25) is 5.02 Å². The Balaban J connectivity index is 1.91. The van der Waals surface area contributed by atoms with Gasteiger partial charge in [0.05, 0.1) is 11.5 Å². The van der Waals surface area contributed by atoms with Crippen LogP contribution in [0.1, 0.15) is 64.4 Å². The maximum atomic E-state index is 12.5. The van der Waals surface area contributed by atoms with Crippen molar-refractivity contribution in [1.29, 1.82) is 0 Å². The molecule has 0 radical (unpaired) electrons. The van der Waals surface area contributed by atoms with Crippen molar-refractivity contribution in [3.8, 4) is 0 Å². The molecule has 2 atom stereocenters. The number of halogens is 1. The molecule has 1 aliphatic rings. The highest BCUT2D eigenvalue weighted by atomic mass is 35.5. The second kappa shape index (κ2) is 7.21. The van der Waals surface area contributed by atoms with Gasteiger partial charge in [-0.1, -0.05) is 80.0 Å². The molecule has 0 aromatic heterocycles. The van der Waals surface area contributed by atoms with Crippen molar-refractivity contribution in [3.05, 3.63) is 106 Å². The number of benzene rings is 3. The minimum absolute atomic E-state index is 0.0894. The van der Waals surface area contributed by atoms with Gasteiger partial charge in [0, 0.05) is 10.6 Å². The van der Waals surface area contributed by atoms with E-state index in [9.17, 15) is 4.79 Å². The lowest BCUT2D eigenvalue weighted by Gasteiger charge is -2.27. The fourth-order valence-electron chi connectivity index (χ4n) is 3.93. The quantitative estimate of drug-likeness (QED) is 0.485. The lowest BCUT2D eigenvalue weighted by molar-refractivity contribution is 0.0351. The molecule has 27 heavy (non-hydrogen) atoms. The van der Waals surface area contributed by atoms with Crippen LogP contribution < -0.4 is 0 Å². The lowest BCUT2D eigenvalue weighted by Crippen LogP contribution is -2.15. The number of ether oxygens (including phenoxy) is 1. The Bertz CT molecular complexity index is 976. The number of esters is 1. The third kappa shape index (κ3) is 3.26. The summed E-state index contributed by atoms with van der Waals surface area (Å²) in [6.45, 7) is 4.37. The highest BCUT2D eigenvalue weighted by molar-refractivity contribution is 6.30. The average molecular weight is 377 g/mol. The van der Waals surface area contributed by atoms with Gasteiger partial charge in [-0.2, -0.15) is 0 Å². The van der Waals surface area contributed by atoms with E-state index in [-0.39, 0.29) is 18.0 Å². The molecule has 2 unspecified atom stereocenters. The first-order valence-corrected chi connectivity index (χ1v) is 9.58. The van der Waals surface area contributed by atoms with Crippen molar-refractivity contribution in [3.63, 3.8) is 0 Å². The monoisotopic (exact) mass is 376 g/mol. The van der Waals surface area contributed by atoms with Gasteiger partial charge in [-0.15, -0.1) is 0 Å². The molecule has 3 aromatic carbocycles. The molecular formula is C24H21ClO2. The molecule has 1 heterocycles. The number of rotatable bonds is 4. The van der Waals surface area contributed by atoms with Crippen molar-refractivity contribution in [2.24, 2.45) is 0 Å². The summed E-state index contributed by atoms with van der Waals surface area (Å²) in [7, 11) is 0. The van der Waals surface area contributed by atoms with Crippen LogP contribution in [-0.4, -0.2) is 5.97 Å². The van der Waals surface area contributed by atoms with Gasteiger partial charge in [0.25, 0.3) is 0 Å².